The summed E-state index contributed by atoms with van der Waals surface area (Å²) in [6, 6.07) is 8.03. The van der Waals surface area contributed by atoms with Crippen LogP contribution >= 0.6 is 0 Å². The lowest BCUT2D eigenvalue weighted by Gasteiger charge is -2.06. The zero-order valence-electron chi connectivity index (χ0n) is 14.6. The minimum absolute atomic E-state index is 0.0182. The molecule has 0 atom stereocenters. The molecule has 3 aromatic rings. The Kier molecular flexibility index (Phi) is 5.43. The molecule has 11 heteroatoms. The van der Waals surface area contributed by atoms with Gasteiger partial charge in [0.1, 0.15) is 6.54 Å². The van der Waals surface area contributed by atoms with Crippen molar-refractivity contribution in [1.82, 2.24) is 30.6 Å². The first-order chi connectivity index (χ1) is 13.3. The van der Waals surface area contributed by atoms with Gasteiger partial charge in [-0.2, -0.15) is 23.1 Å². The maximum Gasteiger partial charge on any atom is 0.416 e. The Labute approximate surface area is 157 Å². The van der Waals surface area contributed by atoms with E-state index in [9.17, 15) is 18.0 Å². The molecule has 144 valence electrons. The number of aromatic nitrogens is 5. The lowest BCUT2D eigenvalue weighted by atomic mass is 10.1. The number of hydrogen-bond donors (Lipinski definition) is 1. The van der Waals surface area contributed by atoms with Gasteiger partial charge in [0.15, 0.2) is 0 Å². The van der Waals surface area contributed by atoms with Gasteiger partial charge < -0.3 is 0 Å². The standard InChI is InChI=1S/C17H14F3N7O/c1-11(12-5-7-21-8-6-12)22-23-15(28)10-27-25-16(24-26-27)13-3-2-4-14(9-13)17(18,19)20/h2-9H,10H2,1H3,(H,23,28)/b22-11-. The third-order valence-electron chi connectivity index (χ3n) is 3.63. The molecule has 0 fully saturated rings. The molecule has 8 nitrogen and oxygen atoms in total. The number of hydrogen-bond acceptors (Lipinski definition) is 6. The van der Waals surface area contributed by atoms with E-state index in [0.717, 1.165) is 22.5 Å². The van der Waals surface area contributed by atoms with E-state index in [4.69, 9.17) is 0 Å². The molecular formula is C17H14F3N7O. The van der Waals surface area contributed by atoms with Gasteiger partial charge in [-0.25, -0.2) is 5.43 Å². The number of hydrazone groups is 1. The van der Waals surface area contributed by atoms with Crippen LogP contribution in [-0.2, 0) is 17.5 Å². The Hall–Kier alpha value is -3.63. The second kappa shape index (κ2) is 7.94. The Morgan fingerprint density at radius 2 is 1.96 bits per heavy atom. The van der Waals surface area contributed by atoms with Gasteiger partial charge in [-0.05, 0) is 36.4 Å². The molecule has 0 saturated carbocycles. The number of pyridine rings is 1. The van der Waals surface area contributed by atoms with Crippen LogP contribution in [0.1, 0.15) is 18.1 Å². The van der Waals surface area contributed by atoms with E-state index in [1.807, 2.05) is 0 Å². The van der Waals surface area contributed by atoms with Crippen molar-refractivity contribution >= 4 is 11.6 Å². The van der Waals surface area contributed by atoms with E-state index in [-0.39, 0.29) is 17.9 Å². The van der Waals surface area contributed by atoms with E-state index in [1.165, 1.54) is 12.1 Å². The number of benzene rings is 1. The first-order valence-electron chi connectivity index (χ1n) is 8.02. The van der Waals surface area contributed by atoms with Crippen molar-refractivity contribution in [3.63, 3.8) is 0 Å². The van der Waals surface area contributed by atoms with Gasteiger partial charge in [-0.15, -0.1) is 10.2 Å². The van der Waals surface area contributed by atoms with Crippen molar-refractivity contribution in [3.8, 4) is 11.4 Å². The highest BCUT2D eigenvalue weighted by molar-refractivity contribution is 5.99. The molecule has 28 heavy (non-hydrogen) atoms. The van der Waals surface area contributed by atoms with Crippen LogP contribution in [0.2, 0.25) is 0 Å². The summed E-state index contributed by atoms with van der Waals surface area (Å²) < 4.78 is 38.4. The number of nitrogens with one attached hydrogen (secondary N) is 1. The van der Waals surface area contributed by atoms with Gasteiger partial charge >= 0.3 is 6.18 Å². The van der Waals surface area contributed by atoms with Crippen LogP contribution in [0.15, 0.2) is 53.9 Å². The van der Waals surface area contributed by atoms with E-state index >= 15 is 0 Å². The summed E-state index contributed by atoms with van der Waals surface area (Å²) in [5, 5.41) is 15.3. The summed E-state index contributed by atoms with van der Waals surface area (Å²) in [5.74, 6) is -0.531. The zero-order valence-corrected chi connectivity index (χ0v) is 14.6. The summed E-state index contributed by atoms with van der Waals surface area (Å²) in [5.41, 5.74) is 3.05. The van der Waals surface area contributed by atoms with E-state index in [2.05, 4.69) is 30.9 Å². The number of carbonyl (C=O) groups excluding carboxylic acids is 1. The molecule has 0 unspecified atom stereocenters. The van der Waals surface area contributed by atoms with Crippen LogP contribution in [0.4, 0.5) is 13.2 Å². The summed E-state index contributed by atoms with van der Waals surface area (Å²) in [4.78, 5) is 16.8. The third kappa shape index (κ3) is 4.75. The van der Waals surface area contributed by atoms with Gasteiger partial charge in [-0.1, -0.05) is 12.1 Å². The molecule has 1 N–H and O–H groups in total. The molecule has 0 radical (unpaired) electrons. The molecule has 1 aromatic carbocycles. The number of halogens is 3. The maximum absolute atomic E-state index is 12.8. The predicted octanol–water partition coefficient (Wildman–Crippen LogP) is 2.29. The van der Waals surface area contributed by atoms with Crippen molar-refractivity contribution < 1.29 is 18.0 Å². The van der Waals surface area contributed by atoms with Crippen LogP contribution in [0, 0.1) is 0 Å². The van der Waals surface area contributed by atoms with Crippen LogP contribution in [-0.4, -0.2) is 36.8 Å². The Balaban J connectivity index is 1.65. The monoisotopic (exact) mass is 389 g/mol. The fourth-order valence-corrected chi connectivity index (χ4v) is 2.23. The second-order valence-electron chi connectivity index (χ2n) is 5.69. The normalized spacial score (nSPS) is 12.1. The second-order valence-corrected chi connectivity index (χ2v) is 5.69. The smallest absolute Gasteiger partial charge is 0.271 e. The lowest BCUT2D eigenvalue weighted by molar-refractivity contribution is -0.137. The van der Waals surface area contributed by atoms with Gasteiger partial charge in [-0.3, -0.25) is 9.78 Å². The summed E-state index contributed by atoms with van der Waals surface area (Å²) in [7, 11) is 0. The molecule has 0 spiro atoms. The third-order valence-corrected chi connectivity index (χ3v) is 3.63. The molecule has 0 bridgehead atoms. The average molecular weight is 389 g/mol. The molecule has 0 saturated heterocycles. The van der Waals surface area contributed by atoms with E-state index < -0.39 is 17.6 Å². The lowest BCUT2D eigenvalue weighted by Crippen LogP contribution is -2.25. The van der Waals surface area contributed by atoms with Crippen molar-refractivity contribution in [3.05, 3.63) is 59.9 Å². The highest BCUT2D eigenvalue weighted by Crippen LogP contribution is 2.31. The highest BCUT2D eigenvalue weighted by atomic mass is 19.4. The first kappa shape index (κ1) is 19.1. The fraction of sp³-hybridized carbons (Fsp3) is 0.176. The molecule has 2 heterocycles. The van der Waals surface area contributed by atoms with Crippen LogP contribution in [0.3, 0.4) is 0 Å². The summed E-state index contributed by atoms with van der Waals surface area (Å²) >= 11 is 0. The van der Waals surface area contributed by atoms with Crippen LogP contribution < -0.4 is 5.43 Å². The molecule has 2 aromatic heterocycles. The highest BCUT2D eigenvalue weighted by Gasteiger charge is 2.30. The van der Waals surface area contributed by atoms with E-state index in [0.29, 0.717) is 5.71 Å². The van der Waals surface area contributed by atoms with Crippen molar-refractivity contribution in [2.75, 3.05) is 0 Å². The van der Waals surface area contributed by atoms with Gasteiger partial charge in [0.25, 0.3) is 5.91 Å². The zero-order chi connectivity index (χ0) is 20.1. The minimum Gasteiger partial charge on any atom is -0.271 e. The largest absolute Gasteiger partial charge is 0.416 e. The predicted molar refractivity (Wildman–Crippen MR) is 92.8 cm³/mol. The van der Waals surface area contributed by atoms with Crippen molar-refractivity contribution in [2.45, 2.75) is 19.6 Å². The fourth-order valence-electron chi connectivity index (χ4n) is 2.23. The average Bonchev–Trinajstić information content (AvgIpc) is 3.14. The van der Waals surface area contributed by atoms with Gasteiger partial charge in [0, 0.05) is 23.5 Å². The van der Waals surface area contributed by atoms with Gasteiger partial charge in [0.2, 0.25) is 5.82 Å². The number of tetrazole rings is 1. The van der Waals surface area contributed by atoms with Crippen LogP contribution in [0.25, 0.3) is 11.4 Å². The maximum atomic E-state index is 12.8. The number of carbonyl (C=O) groups is 1. The summed E-state index contributed by atoms with van der Waals surface area (Å²) in [6.45, 7) is 1.42. The molecular weight excluding hydrogens is 375 g/mol. The topological polar surface area (TPSA) is 98.0 Å². The quantitative estimate of drug-likeness (QED) is 0.533. The molecule has 3 rings (SSSR count). The van der Waals surface area contributed by atoms with Crippen LogP contribution in [0.5, 0.6) is 0 Å². The van der Waals surface area contributed by atoms with Gasteiger partial charge in [0.05, 0.1) is 11.3 Å². The SMILES string of the molecule is C/C(=N/NC(=O)Cn1nnc(-c2cccc(C(F)(F)F)c2)n1)c1ccncc1. The molecule has 1 amide bonds. The Morgan fingerprint density at radius 3 is 2.68 bits per heavy atom. The van der Waals surface area contributed by atoms with E-state index in [1.54, 1.807) is 31.5 Å². The number of amides is 1. The Morgan fingerprint density at radius 1 is 1.21 bits per heavy atom. The molecule has 0 aliphatic carbocycles. The van der Waals surface area contributed by atoms with Crippen molar-refractivity contribution in [2.24, 2.45) is 5.10 Å². The van der Waals surface area contributed by atoms with Crippen molar-refractivity contribution in [1.29, 1.82) is 0 Å². The Bertz CT molecular complexity index is 999. The molecule has 0 aliphatic heterocycles. The first-order valence-corrected chi connectivity index (χ1v) is 8.02. The summed E-state index contributed by atoms with van der Waals surface area (Å²) in [6.07, 6.45) is -1.27. The molecule has 0 aliphatic rings. The number of nitrogens with zero attached hydrogens (tertiary/aromatic N) is 6. The number of rotatable bonds is 5. The minimum atomic E-state index is -4.48. The number of alkyl halides is 3.